The summed E-state index contributed by atoms with van der Waals surface area (Å²) in [4.78, 5) is 21.4. The first-order valence-corrected chi connectivity index (χ1v) is 11.0. The van der Waals surface area contributed by atoms with E-state index in [-0.39, 0.29) is 17.3 Å². The van der Waals surface area contributed by atoms with Crippen LogP contribution in [0.15, 0.2) is 65.7 Å². The molecule has 2 aromatic carbocycles. The third-order valence-electron chi connectivity index (χ3n) is 5.57. The van der Waals surface area contributed by atoms with Gasteiger partial charge < -0.3 is 9.80 Å². The molecule has 5 rings (SSSR count). The van der Waals surface area contributed by atoms with E-state index in [0.717, 1.165) is 11.2 Å². The number of carbonyl (C=O) groups is 1. The van der Waals surface area contributed by atoms with Crippen molar-refractivity contribution in [3.8, 4) is 0 Å². The molecule has 1 saturated heterocycles. The summed E-state index contributed by atoms with van der Waals surface area (Å²) in [6.07, 6.45) is 1.75. The van der Waals surface area contributed by atoms with E-state index in [1.807, 2.05) is 36.4 Å². The maximum absolute atomic E-state index is 13.1. The van der Waals surface area contributed by atoms with E-state index in [9.17, 15) is 13.2 Å². The number of nitrogens with zero attached hydrogens (tertiary/aromatic N) is 4. The van der Waals surface area contributed by atoms with Crippen LogP contribution in [-0.4, -0.2) is 56.9 Å². The summed E-state index contributed by atoms with van der Waals surface area (Å²) >= 11 is 0. The van der Waals surface area contributed by atoms with Crippen LogP contribution in [-0.2, 0) is 14.8 Å². The van der Waals surface area contributed by atoms with Gasteiger partial charge in [-0.15, -0.1) is 0 Å². The normalized spacial score (nSPS) is 17.7. The summed E-state index contributed by atoms with van der Waals surface area (Å²) in [5.74, 6) is 0.711. The second-order valence-corrected chi connectivity index (χ2v) is 9.03. The fourth-order valence-corrected chi connectivity index (χ4v) is 5.74. The Labute approximate surface area is 169 Å². The van der Waals surface area contributed by atoms with Gasteiger partial charge in [0.15, 0.2) is 0 Å². The summed E-state index contributed by atoms with van der Waals surface area (Å²) in [5.41, 5.74) is 0.582. The predicted octanol–water partition coefficient (Wildman–Crippen LogP) is 2.09. The molecule has 0 radical (unpaired) electrons. The van der Waals surface area contributed by atoms with Crippen molar-refractivity contribution in [2.24, 2.45) is 0 Å². The largest absolute Gasteiger partial charge is 0.353 e. The average Bonchev–Trinajstić information content (AvgIpc) is 2.98. The lowest BCUT2D eigenvalue weighted by Crippen LogP contribution is -2.51. The zero-order chi connectivity index (χ0) is 20.0. The fraction of sp³-hybridized carbons (Fsp3) is 0.238. The van der Waals surface area contributed by atoms with Crippen molar-refractivity contribution in [2.75, 3.05) is 41.9 Å². The van der Waals surface area contributed by atoms with Gasteiger partial charge >= 0.3 is 0 Å². The van der Waals surface area contributed by atoms with E-state index in [4.69, 9.17) is 0 Å². The predicted molar refractivity (Wildman–Crippen MR) is 112 cm³/mol. The first-order chi connectivity index (χ1) is 14.1. The lowest BCUT2D eigenvalue weighted by Gasteiger charge is -2.36. The first-order valence-electron chi connectivity index (χ1n) is 9.54. The highest BCUT2D eigenvalue weighted by Gasteiger charge is 2.37. The zero-order valence-electron chi connectivity index (χ0n) is 15.7. The molecule has 0 atom stereocenters. The number of aromatic nitrogens is 1. The van der Waals surface area contributed by atoms with Crippen LogP contribution in [0.5, 0.6) is 0 Å². The second-order valence-electron chi connectivity index (χ2n) is 7.20. The average molecular weight is 408 g/mol. The monoisotopic (exact) mass is 408 g/mol. The second kappa shape index (κ2) is 6.73. The van der Waals surface area contributed by atoms with Crippen LogP contribution in [0.2, 0.25) is 0 Å². The third-order valence-corrected chi connectivity index (χ3v) is 7.37. The number of rotatable bonds is 3. The van der Waals surface area contributed by atoms with E-state index in [0.29, 0.717) is 37.3 Å². The van der Waals surface area contributed by atoms with E-state index in [2.05, 4.69) is 9.88 Å². The maximum atomic E-state index is 13.1. The molecule has 1 aromatic heterocycles. The number of benzene rings is 2. The van der Waals surface area contributed by atoms with Crippen LogP contribution in [0.4, 0.5) is 11.5 Å². The van der Waals surface area contributed by atoms with Crippen molar-refractivity contribution in [1.29, 1.82) is 0 Å². The summed E-state index contributed by atoms with van der Waals surface area (Å²) in [6, 6.07) is 16.5. The number of hydrogen-bond donors (Lipinski definition) is 0. The van der Waals surface area contributed by atoms with Gasteiger partial charge in [-0.2, -0.15) is 0 Å². The summed E-state index contributed by atoms with van der Waals surface area (Å²) in [6.45, 7) is 2.25. The van der Waals surface area contributed by atoms with Gasteiger partial charge in [0.25, 0.3) is 10.0 Å². The highest BCUT2D eigenvalue weighted by Crippen LogP contribution is 2.41. The third kappa shape index (κ3) is 2.91. The van der Waals surface area contributed by atoms with Crippen molar-refractivity contribution in [3.63, 3.8) is 0 Å². The van der Waals surface area contributed by atoms with E-state index < -0.39 is 10.0 Å². The minimum Gasteiger partial charge on any atom is -0.353 e. The summed E-state index contributed by atoms with van der Waals surface area (Å²) in [7, 11) is -3.72. The van der Waals surface area contributed by atoms with E-state index >= 15 is 0 Å². The highest BCUT2D eigenvalue weighted by atomic mass is 32.2. The van der Waals surface area contributed by atoms with Gasteiger partial charge in [0, 0.05) is 37.8 Å². The van der Waals surface area contributed by atoms with Gasteiger partial charge in [-0.05, 0) is 29.7 Å². The minimum absolute atomic E-state index is 0.181. The minimum atomic E-state index is -3.72. The molecule has 1 amide bonds. The van der Waals surface area contributed by atoms with Crippen molar-refractivity contribution in [1.82, 2.24) is 9.88 Å². The molecule has 0 spiro atoms. The Morgan fingerprint density at radius 2 is 1.69 bits per heavy atom. The molecular weight excluding hydrogens is 388 g/mol. The Hall–Kier alpha value is -3.13. The van der Waals surface area contributed by atoms with Crippen LogP contribution in [0.3, 0.4) is 0 Å². The van der Waals surface area contributed by atoms with Gasteiger partial charge in [0.2, 0.25) is 5.91 Å². The number of pyridine rings is 1. The molecule has 0 N–H and O–H groups in total. The number of hydrogen-bond acceptors (Lipinski definition) is 5. The van der Waals surface area contributed by atoms with Crippen LogP contribution in [0, 0.1) is 0 Å². The number of piperazine rings is 1. The first kappa shape index (κ1) is 17.9. The van der Waals surface area contributed by atoms with E-state index in [1.54, 1.807) is 29.3 Å². The molecule has 148 valence electrons. The maximum Gasteiger partial charge on any atom is 0.265 e. The molecule has 2 aliphatic heterocycles. The van der Waals surface area contributed by atoms with Gasteiger partial charge in [-0.25, -0.2) is 13.4 Å². The van der Waals surface area contributed by atoms with Crippen LogP contribution < -0.4 is 9.21 Å². The van der Waals surface area contributed by atoms with Crippen LogP contribution in [0.25, 0.3) is 10.8 Å². The number of carbonyl (C=O) groups excluding carboxylic acids is 1. The molecule has 3 heterocycles. The van der Waals surface area contributed by atoms with Gasteiger partial charge in [0.1, 0.15) is 12.4 Å². The molecule has 0 aliphatic carbocycles. The van der Waals surface area contributed by atoms with Crippen molar-refractivity contribution < 1.29 is 13.2 Å². The quantitative estimate of drug-likeness (QED) is 0.664. The van der Waals surface area contributed by atoms with Gasteiger partial charge in [-0.3, -0.25) is 9.10 Å². The number of sulfonamides is 1. The Morgan fingerprint density at radius 3 is 2.41 bits per heavy atom. The lowest BCUT2D eigenvalue weighted by atomic mass is 10.1. The number of amides is 1. The number of anilines is 2. The van der Waals surface area contributed by atoms with Crippen molar-refractivity contribution in [2.45, 2.75) is 4.90 Å². The molecule has 29 heavy (non-hydrogen) atoms. The Balaban J connectivity index is 1.34. The summed E-state index contributed by atoms with van der Waals surface area (Å²) in [5, 5.41) is 1.56. The lowest BCUT2D eigenvalue weighted by molar-refractivity contribution is -0.129. The summed E-state index contributed by atoms with van der Waals surface area (Å²) < 4.78 is 27.4. The standard InChI is InChI=1S/C21H20N4O3S/c26-20(24-13-11-23(12-14-24)19-9-1-2-10-22-19)15-25-17-7-3-5-16-6-4-8-18(21(16)17)29(25,27)28/h1-10H,11-15H2. The molecule has 1 fully saturated rings. The Morgan fingerprint density at radius 1 is 0.931 bits per heavy atom. The Kier molecular flexibility index (Phi) is 4.16. The molecular formula is C21H20N4O3S. The Bertz CT molecular complexity index is 1180. The molecule has 0 unspecified atom stereocenters. The zero-order valence-corrected chi connectivity index (χ0v) is 16.5. The fourth-order valence-electron chi connectivity index (χ4n) is 4.08. The molecule has 0 saturated carbocycles. The smallest absolute Gasteiger partial charge is 0.265 e. The molecule has 3 aromatic rings. The molecule has 0 bridgehead atoms. The molecule has 2 aliphatic rings. The topological polar surface area (TPSA) is 73.8 Å². The van der Waals surface area contributed by atoms with Gasteiger partial charge in [0.05, 0.1) is 10.6 Å². The van der Waals surface area contributed by atoms with Crippen LogP contribution >= 0.6 is 0 Å². The SMILES string of the molecule is O=C(CN1c2cccc3cccc(c23)S1(=O)=O)N1CCN(c2ccccn2)CC1. The molecule has 8 heteroatoms. The van der Waals surface area contributed by atoms with E-state index in [1.165, 1.54) is 4.31 Å². The van der Waals surface area contributed by atoms with Gasteiger partial charge in [-0.1, -0.05) is 30.3 Å². The van der Waals surface area contributed by atoms with Crippen LogP contribution in [0.1, 0.15) is 0 Å². The highest BCUT2D eigenvalue weighted by molar-refractivity contribution is 7.93. The van der Waals surface area contributed by atoms with Crippen molar-refractivity contribution >= 4 is 38.2 Å². The molecule has 7 nitrogen and oxygen atoms in total. The van der Waals surface area contributed by atoms with Crippen molar-refractivity contribution in [3.05, 3.63) is 60.8 Å².